The lowest BCUT2D eigenvalue weighted by atomic mass is 9.97. The number of halogens is 1. The van der Waals surface area contributed by atoms with Gasteiger partial charge in [-0.25, -0.2) is 4.98 Å². The summed E-state index contributed by atoms with van der Waals surface area (Å²) in [6, 6.07) is 9.97. The van der Waals surface area contributed by atoms with Crippen LogP contribution in [-0.4, -0.2) is 35.4 Å². The van der Waals surface area contributed by atoms with Crippen molar-refractivity contribution in [2.45, 2.75) is 44.3 Å². The summed E-state index contributed by atoms with van der Waals surface area (Å²) in [5.41, 5.74) is 9.79. The lowest BCUT2D eigenvalue weighted by molar-refractivity contribution is -0.129. The second kappa shape index (κ2) is 9.08. The van der Waals surface area contributed by atoms with Crippen molar-refractivity contribution in [1.29, 1.82) is 0 Å². The molecular formula is C23H26ClN5O2. The zero-order valence-corrected chi connectivity index (χ0v) is 18.1. The van der Waals surface area contributed by atoms with Crippen LogP contribution in [0.5, 0.6) is 0 Å². The van der Waals surface area contributed by atoms with Crippen molar-refractivity contribution in [2.75, 3.05) is 12.3 Å². The lowest BCUT2D eigenvalue weighted by Gasteiger charge is -2.24. The average Bonchev–Trinajstić information content (AvgIpc) is 3.15. The molecule has 2 amide bonds. The molecule has 0 unspecified atom stereocenters. The van der Waals surface area contributed by atoms with E-state index >= 15 is 0 Å². The van der Waals surface area contributed by atoms with E-state index in [0.29, 0.717) is 17.4 Å². The molecule has 3 atom stereocenters. The van der Waals surface area contributed by atoms with Crippen LogP contribution in [0.15, 0.2) is 42.5 Å². The highest BCUT2D eigenvalue weighted by atomic mass is 35.5. The maximum absolute atomic E-state index is 12.8. The molecule has 0 saturated carbocycles. The van der Waals surface area contributed by atoms with Crippen LogP contribution >= 0.6 is 11.6 Å². The molecule has 1 aromatic heterocycles. The van der Waals surface area contributed by atoms with Gasteiger partial charge >= 0.3 is 0 Å². The molecular weight excluding hydrogens is 414 g/mol. The lowest BCUT2D eigenvalue weighted by Crippen LogP contribution is -2.52. The van der Waals surface area contributed by atoms with E-state index in [4.69, 9.17) is 17.3 Å². The molecule has 1 aromatic carbocycles. The molecule has 31 heavy (non-hydrogen) atoms. The van der Waals surface area contributed by atoms with Crippen molar-refractivity contribution in [1.82, 2.24) is 20.9 Å². The number of hydrogen-bond donors (Lipinski definition) is 4. The first-order valence-corrected chi connectivity index (χ1v) is 10.8. The summed E-state index contributed by atoms with van der Waals surface area (Å²) in [5, 5.41) is 9.72. The van der Waals surface area contributed by atoms with E-state index in [2.05, 4.69) is 20.9 Å². The van der Waals surface area contributed by atoms with E-state index in [1.807, 2.05) is 36.4 Å². The number of carbonyl (C=O) groups excluding carboxylic acids is 2. The quantitative estimate of drug-likeness (QED) is 0.572. The average molecular weight is 440 g/mol. The molecule has 2 aromatic rings. The Hall–Kier alpha value is -2.90. The molecule has 162 valence electrons. The predicted octanol–water partition coefficient (Wildman–Crippen LogP) is 2.37. The molecule has 1 aliphatic heterocycles. The van der Waals surface area contributed by atoms with Gasteiger partial charge in [0.05, 0.1) is 6.04 Å². The van der Waals surface area contributed by atoms with Gasteiger partial charge in [-0.1, -0.05) is 35.9 Å². The topological polar surface area (TPSA) is 109 Å². The summed E-state index contributed by atoms with van der Waals surface area (Å²) >= 11 is 5.97. The van der Waals surface area contributed by atoms with Gasteiger partial charge in [0.15, 0.2) is 0 Å². The van der Waals surface area contributed by atoms with Crippen LogP contribution < -0.4 is 21.7 Å². The third-order valence-electron chi connectivity index (χ3n) is 5.77. The van der Waals surface area contributed by atoms with Gasteiger partial charge in [-0.2, -0.15) is 0 Å². The Morgan fingerprint density at radius 1 is 1.19 bits per heavy atom. The van der Waals surface area contributed by atoms with Crippen LogP contribution in [0.2, 0.25) is 5.02 Å². The largest absolute Gasteiger partial charge is 0.384 e. The molecule has 4 rings (SSSR count). The van der Waals surface area contributed by atoms with Crippen molar-refractivity contribution in [3.05, 3.63) is 64.3 Å². The number of carbonyl (C=O) groups is 2. The molecule has 2 aliphatic rings. The Morgan fingerprint density at radius 2 is 1.97 bits per heavy atom. The SMILES string of the molecule is C[C@H](NC(=O)[C@@H]1C=C(c2ccc(Cl)cc2)CCN1)C(=O)N[C@@H]1CCc2nc(N)ccc21. The zero-order chi connectivity index (χ0) is 22.0. The number of benzene rings is 1. The number of anilines is 1. The van der Waals surface area contributed by atoms with Gasteiger partial charge in [-0.05, 0) is 61.1 Å². The van der Waals surface area contributed by atoms with Crippen LogP contribution in [0.25, 0.3) is 5.57 Å². The van der Waals surface area contributed by atoms with E-state index in [0.717, 1.165) is 41.7 Å². The Labute approximate surface area is 186 Å². The van der Waals surface area contributed by atoms with Crippen molar-refractivity contribution in [3.8, 4) is 0 Å². The summed E-state index contributed by atoms with van der Waals surface area (Å²) in [5.74, 6) is 0.0354. The Kier molecular flexibility index (Phi) is 6.25. The van der Waals surface area contributed by atoms with Crippen LogP contribution in [0.4, 0.5) is 5.82 Å². The monoisotopic (exact) mass is 439 g/mol. The van der Waals surface area contributed by atoms with Crippen LogP contribution in [-0.2, 0) is 16.0 Å². The van der Waals surface area contributed by atoms with Crippen LogP contribution in [0.3, 0.4) is 0 Å². The second-order valence-corrected chi connectivity index (χ2v) is 8.42. The van der Waals surface area contributed by atoms with Crippen LogP contribution in [0.1, 0.15) is 42.6 Å². The first kappa shape index (κ1) is 21.3. The molecule has 7 nitrogen and oxygen atoms in total. The maximum Gasteiger partial charge on any atom is 0.242 e. The smallest absolute Gasteiger partial charge is 0.242 e. The molecule has 5 N–H and O–H groups in total. The Bertz CT molecular complexity index is 1020. The molecule has 2 heterocycles. The third-order valence-corrected chi connectivity index (χ3v) is 6.02. The molecule has 8 heteroatoms. The Balaban J connectivity index is 1.36. The fraction of sp³-hybridized carbons (Fsp3) is 0.348. The fourth-order valence-corrected chi connectivity index (χ4v) is 4.20. The van der Waals surface area contributed by atoms with Crippen molar-refractivity contribution in [3.63, 3.8) is 0 Å². The number of amides is 2. The summed E-state index contributed by atoms with van der Waals surface area (Å²) in [4.78, 5) is 29.8. The molecule has 0 spiro atoms. The molecule has 0 saturated heterocycles. The first-order valence-electron chi connectivity index (χ1n) is 10.5. The minimum Gasteiger partial charge on any atom is -0.384 e. The number of hydrogen-bond acceptors (Lipinski definition) is 5. The highest BCUT2D eigenvalue weighted by Gasteiger charge is 2.28. The normalized spacial score (nSPS) is 21.0. The van der Waals surface area contributed by atoms with E-state index in [9.17, 15) is 9.59 Å². The van der Waals surface area contributed by atoms with Gasteiger partial charge < -0.3 is 21.7 Å². The predicted molar refractivity (Wildman–Crippen MR) is 121 cm³/mol. The number of rotatable bonds is 5. The van der Waals surface area contributed by atoms with Gasteiger partial charge in [0.1, 0.15) is 17.9 Å². The minimum atomic E-state index is -0.658. The van der Waals surface area contributed by atoms with E-state index in [1.165, 1.54) is 0 Å². The van der Waals surface area contributed by atoms with Gasteiger partial charge in [0.25, 0.3) is 0 Å². The summed E-state index contributed by atoms with van der Waals surface area (Å²) in [6.45, 7) is 2.37. The number of aryl methyl sites for hydroxylation is 1. The van der Waals surface area contributed by atoms with Gasteiger partial charge in [-0.15, -0.1) is 0 Å². The molecule has 1 aliphatic carbocycles. The number of nitrogen functional groups attached to an aromatic ring is 1. The number of nitrogens with one attached hydrogen (secondary N) is 3. The van der Waals surface area contributed by atoms with E-state index < -0.39 is 12.1 Å². The van der Waals surface area contributed by atoms with Gasteiger partial charge in [-0.3, -0.25) is 9.59 Å². The zero-order valence-electron chi connectivity index (χ0n) is 17.3. The highest BCUT2D eigenvalue weighted by Crippen LogP contribution is 2.30. The molecule has 0 radical (unpaired) electrons. The van der Waals surface area contributed by atoms with Gasteiger partial charge in [0.2, 0.25) is 11.8 Å². The van der Waals surface area contributed by atoms with E-state index in [-0.39, 0.29) is 17.9 Å². The van der Waals surface area contributed by atoms with E-state index in [1.54, 1.807) is 13.0 Å². The number of nitrogens with zero attached hydrogens (tertiary/aromatic N) is 1. The van der Waals surface area contributed by atoms with Gasteiger partial charge in [0, 0.05) is 17.3 Å². The summed E-state index contributed by atoms with van der Waals surface area (Å²) < 4.78 is 0. The third kappa shape index (κ3) is 4.89. The fourth-order valence-electron chi connectivity index (χ4n) is 4.08. The van der Waals surface area contributed by atoms with Crippen molar-refractivity contribution < 1.29 is 9.59 Å². The van der Waals surface area contributed by atoms with Crippen molar-refractivity contribution >= 4 is 34.8 Å². The number of pyridine rings is 1. The summed E-state index contributed by atoms with van der Waals surface area (Å²) in [6.07, 6.45) is 4.28. The highest BCUT2D eigenvalue weighted by molar-refractivity contribution is 6.30. The van der Waals surface area contributed by atoms with Crippen molar-refractivity contribution in [2.24, 2.45) is 0 Å². The minimum absolute atomic E-state index is 0.112. The second-order valence-electron chi connectivity index (χ2n) is 7.98. The van der Waals surface area contributed by atoms with Crippen LogP contribution in [0, 0.1) is 0 Å². The number of nitrogens with two attached hydrogens (primary N) is 1. The molecule has 0 fully saturated rings. The molecule has 0 bridgehead atoms. The number of fused-ring (bicyclic) bond motifs is 1. The standard InChI is InChI=1S/C23H26ClN5O2/c1-13(22(30)29-19-8-7-18-17(19)6-9-21(25)28-18)27-23(31)20-12-15(10-11-26-20)14-2-4-16(24)5-3-14/h2-6,9,12-13,19-20,26H,7-8,10-11H2,1H3,(H2,25,28)(H,27,31)(H,29,30)/t13-,19+,20-/m0/s1. The first-order chi connectivity index (χ1) is 14.9. The Morgan fingerprint density at radius 3 is 2.74 bits per heavy atom. The number of aromatic nitrogens is 1. The summed E-state index contributed by atoms with van der Waals surface area (Å²) in [7, 11) is 0. The maximum atomic E-state index is 12.8.